The van der Waals surface area contributed by atoms with Gasteiger partial charge < -0.3 is 0 Å². The molecule has 2 heterocycles. The molecule has 110 valence electrons. The molecule has 22 heavy (non-hydrogen) atoms. The second-order valence-electron chi connectivity index (χ2n) is 5.53. The van der Waals surface area contributed by atoms with Gasteiger partial charge in [0, 0.05) is 24.5 Å². The number of Topliss-reactive ketones (excluding diaryl/α,β-unsaturated/α-hetero) is 1. The van der Waals surface area contributed by atoms with Gasteiger partial charge in [-0.3, -0.25) is 9.36 Å². The number of carbonyl (C=O) groups excluding carboxylic acids is 1. The van der Waals surface area contributed by atoms with Crippen molar-refractivity contribution in [3.05, 3.63) is 59.7 Å². The molecular formula is C17H16N4O. The summed E-state index contributed by atoms with van der Waals surface area (Å²) in [7, 11) is 0. The van der Waals surface area contributed by atoms with E-state index in [1.165, 1.54) is 0 Å². The van der Waals surface area contributed by atoms with Gasteiger partial charge in [-0.15, -0.1) is 0 Å². The van der Waals surface area contributed by atoms with E-state index in [4.69, 9.17) is 0 Å². The molecule has 0 saturated carbocycles. The zero-order valence-corrected chi connectivity index (χ0v) is 12.4. The van der Waals surface area contributed by atoms with E-state index in [9.17, 15) is 4.79 Å². The van der Waals surface area contributed by atoms with Gasteiger partial charge in [0.15, 0.2) is 5.78 Å². The van der Waals surface area contributed by atoms with Crippen molar-refractivity contribution in [1.29, 1.82) is 0 Å². The summed E-state index contributed by atoms with van der Waals surface area (Å²) < 4.78 is 3.82. The van der Waals surface area contributed by atoms with Crippen molar-refractivity contribution in [3.8, 4) is 11.6 Å². The van der Waals surface area contributed by atoms with Crippen molar-refractivity contribution in [2.75, 3.05) is 0 Å². The smallest absolute Gasteiger partial charge is 0.235 e. The van der Waals surface area contributed by atoms with Crippen LogP contribution in [0.15, 0.2) is 42.7 Å². The maximum Gasteiger partial charge on any atom is 0.235 e. The maximum absolute atomic E-state index is 12.2. The van der Waals surface area contributed by atoms with E-state index < -0.39 is 0 Å². The van der Waals surface area contributed by atoms with E-state index >= 15 is 0 Å². The van der Waals surface area contributed by atoms with E-state index in [0.29, 0.717) is 6.42 Å². The van der Waals surface area contributed by atoms with Crippen LogP contribution in [-0.2, 0) is 6.42 Å². The third-order valence-electron chi connectivity index (χ3n) is 4.10. The fourth-order valence-electron chi connectivity index (χ4n) is 3.12. The average molecular weight is 292 g/mol. The number of benzene rings is 1. The predicted molar refractivity (Wildman–Crippen MR) is 82.7 cm³/mol. The van der Waals surface area contributed by atoms with E-state index in [0.717, 1.165) is 41.4 Å². The molecular weight excluding hydrogens is 276 g/mol. The maximum atomic E-state index is 12.2. The largest absolute Gasteiger partial charge is 0.294 e. The molecule has 0 radical (unpaired) electrons. The number of hydrogen-bond donors (Lipinski definition) is 0. The Labute approximate surface area is 128 Å². The molecule has 0 bridgehead atoms. The number of imidazole rings is 1. The number of rotatable bonds is 2. The quantitative estimate of drug-likeness (QED) is 0.729. The number of ketones is 1. The summed E-state index contributed by atoms with van der Waals surface area (Å²) in [5, 5.41) is 4.58. The lowest BCUT2D eigenvalue weighted by Gasteiger charge is -2.14. The van der Waals surface area contributed by atoms with Crippen LogP contribution in [0.3, 0.4) is 0 Å². The number of fused-ring (bicyclic) bond motifs is 1. The Kier molecular flexibility index (Phi) is 2.92. The molecule has 4 rings (SSSR count). The highest BCUT2D eigenvalue weighted by Crippen LogP contribution is 2.26. The van der Waals surface area contributed by atoms with Crippen LogP contribution >= 0.6 is 0 Å². The van der Waals surface area contributed by atoms with Gasteiger partial charge in [0.05, 0.1) is 17.0 Å². The molecule has 0 unspecified atom stereocenters. The van der Waals surface area contributed by atoms with Crippen LogP contribution in [0.2, 0.25) is 0 Å². The number of para-hydroxylation sites is 1. The van der Waals surface area contributed by atoms with Crippen molar-refractivity contribution in [1.82, 2.24) is 19.3 Å². The zero-order chi connectivity index (χ0) is 15.1. The summed E-state index contributed by atoms with van der Waals surface area (Å²) >= 11 is 0. The van der Waals surface area contributed by atoms with Gasteiger partial charge >= 0.3 is 0 Å². The Balaban J connectivity index is 1.90. The normalized spacial score (nSPS) is 14.1. The van der Waals surface area contributed by atoms with Gasteiger partial charge in [-0.1, -0.05) is 18.2 Å². The first-order valence-electron chi connectivity index (χ1n) is 7.46. The third kappa shape index (κ3) is 1.89. The minimum absolute atomic E-state index is 0.197. The zero-order valence-electron chi connectivity index (χ0n) is 12.4. The Morgan fingerprint density at radius 2 is 1.95 bits per heavy atom. The van der Waals surface area contributed by atoms with Crippen molar-refractivity contribution in [2.45, 2.75) is 26.2 Å². The lowest BCUT2D eigenvalue weighted by Crippen LogP contribution is -2.15. The number of carbonyl (C=O) groups is 1. The number of hydrogen-bond acceptors (Lipinski definition) is 3. The lowest BCUT2D eigenvalue weighted by atomic mass is 9.95. The van der Waals surface area contributed by atoms with Gasteiger partial charge in [-0.25, -0.2) is 9.67 Å². The SMILES string of the molecule is Cc1nn(-c2nccn2-c2ccccc2)c2c1C(=O)CCC2. The number of nitrogens with zero attached hydrogens (tertiary/aromatic N) is 4. The van der Waals surface area contributed by atoms with Crippen LogP contribution in [0.25, 0.3) is 11.6 Å². The van der Waals surface area contributed by atoms with Gasteiger partial charge in [0.25, 0.3) is 0 Å². The average Bonchev–Trinajstić information content (AvgIpc) is 3.13. The second kappa shape index (κ2) is 4.94. The van der Waals surface area contributed by atoms with Crippen molar-refractivity contribution >= 4 is 5.78 Å². The molecule has 0 N–H and O–H groups in total. The topological polar surface area (TPSA) is 52.7 Å². The highest BCUT2D eigenvalue weighted by molar-refractivity contribution is 5.99. The summed E-state index contributed by atoms with van der Waals surface area (Å²) in [6.45, 7) is 1.90. The Bertz CT molecular complexity index is 845. The number of aromatic nitrogens is 4. The summed E-state index contributed by atoms with van der Waals surface area (Å²) in [6.07, 6.45) is 6.04. The second-order valence-corrected chi connectivity index (χ2v) is 5.53. The molecule has 0 fully saturated rings. The van der Waals surface area contributed by atoms with Crippen LogP contribution in [0.4, 0.5) is 0 Å². The third-order valence-corrected chi connectivity index (χ3v) is 4.10. The molecule has 1 aromatic carbocycles. The predicted octanol–water partition coefficient (Wildman–Crippen LogP) is 2.89. The van der Waals surface area contributed by atoms with E-state index in [1.807, 2.05) is 52.7 Å². The van der Waals surface area contributed by atoms with Crippen molar-refractivity contribution in [3.63, 3.8) is 0 Å². The van der Waals surface area contributed by atoms with Crippen LogP contribution < -0.4 is 0 Å². The van der Waals surface area contributed by atoms with Gasteiger partial charge in [0.2, 0.25) is 5.95 Å². The molecule has 3 aromatic rings. The van der Waals surface area contributed by atoms with Gasteiger partial charge in [-0.05, 0) is 31.9 Å². The summed E-state index contributed by atoms with van der Waals surface area (Å²) in [5.41, 5.74) is 3.59. The van der Waals surface area contributed by atoms with E-state index in [-0.39, 0.29) is 5.78 Å². The Morgan fingerprint density at radius 1 is 1.14 bits per heavy atom. The van der Waals surface area contributed by atoms with E-state index in [2.05, 4.69) is 10.1 Å². The molecule has 0 amide bonds. The molecule has 0 atom stereocenters. The first-order valence-corrected chi connectivity index (χ1v) is 7.46. The van der Waals surface area contributed by atoms with E-state index in [1.54, 1.807) is 6.20 Å². The highest BCUT2D eigenvalue weighted by atomic mass is 16.1. The first kappa shape index (κ1) is 13.0. The molecule has 5 heteroatoms. The minimum atomic E-state index is 0.197. The van der Waals surface area contributed by atoms with Gasteiger partial charge in [-0.2, -0.15) is 5.10 Å². The molecule has 1 aliphatic rings. The van der Waals surface area contributed by atoms with Gasteiger partial charge in [0.1, 0.15) is 0 Å². The van der Waals surface area contributed by atoms with Crippen LogP contribution in [0.1, 0.15) is 34.6 Å². The number of aryl methyl sites for hydroxylation is 1. The van der Waals surface area contributed by atoms with Crippen LogP contribution in [0, 0.1) is 6.92 Å². The minimum Gasteiger partial charge on any atom is -0.294 e. The molecule has 0 aliphatic heterocycles. The fourth-order valence-corrected chi connectivity index (χ4v) is 3.12. The van der Waals surface area contributed by atoms with Crippen LogP contribution in [-0.4, -0.2) is 25.1 Å². The highest BCUT2D eigenvalue weighted by Gasteiger charge is 2.27. The van der Waals surface area contributed by atoms with Crippen molar-refractivity contribution < 1.29 is 4.79 Å². The summed E-state index contributed by atoms with van der Waals surface area (Å²) in [6, 6.07) is 10.0. The monoisotopic (exact) mass is 292 g/mol. The molecule has 2 aromatic heterocycles. The standard InChI is InChI=1S/C17H16N4O/c1-12-16-14(8-5-9-15(16)22)21(19-12)17-18-10-11-20(17)13-6-3-2-4-7-13/h2-4,6-7,10-11H,5,8-9H2,1H3. The molecule has 0 saturated heterocycles. The van der Waals surface area contributed by atoms with Crippen LogP contribution in [0.5, 0.6) is 0 Å². The summed E-state index contributed by atoms with van der Waals surface area (Å²) in [4.78, 5) is 16.6. The van der Waals surface area contributed by atoms with Crippen molar-refractivity contribution in [2.24, 2.45) is 0 Å². The molecule has 0 spiro atoms. The Hall–Kier alpha value is -2.69. The fraction of sp³-hybridized carbons (Fsp3) is 0.235. The first-order chi connectivity index (χ1) is 10.8. The Morgan fingerprint density at radius 3 is 2.77 bits per heavy atom. The molecule has 1 aliphatic carbocycles. The molecule has 5 nitrogen and oxygen atoms in total. The summed E-state index contributed by atoms with van der Waals surface area (Å²) in [5.74, 6) is 0.924. The lowest BCUT2D eigenvalue weighted by molar-refractivity contribution is 0.0971.